The number of hydrogen-bond donors (Lipinski definition) is 5. The second-order valence-corrected chi connectivity index (χ2v) is 4.94. The smallest absolute Gasteiger partial charge is 0.481 e. The van der Waals surface area contributed by atoms with E-state index in [4.69, 9.17) is 14.9 Å². The lowest BCUT2D eigenvalue weighted by Crippen LogP contribution is -2.76. The maximum Gasteiger partial charge on any atom is 0.519 e. The number of rotatable bonds is 6. The van der Waals surface area contributed by atoms with Crippen LogP contribution in [0.2, 0.25) is 0 Å². The Morgan fingerprint density at radius 3 is 2.05 bits per heavy atom. The molecule has 2 aliphatic rings. The summed E-state index contributed by atoms with van der Waals surface area (Å²) in [7, 11) is 0. The van der Waals surface area contributed by atoms with E-state index in [9.17, 15) is 29.4 Å². The van der Waals surface area contributed by atoms with Crippen molar-refractivity contribution in [2.75, 3.05) is 13.3 Å². The number of amides is 1. The summed E-state index contributed by atoms with van der Waals surface area (Å²) in [5.74, 6) is -6.21. The summed E-state index contributed by atoms with van der Waals surface area (Å²) in [6, 6.07) is 0. The zero-order chi connectivity index (χ0) is 16.1. The molecular weight excluding hydrogens is 292 g/mol. The minimum Gasteiger partial charge on any atom is -0.481 e. The summed E-state index contributed by atoms with van der Waals surface area (Å²) >= 11 is 0. The van der Waals surface area contributed by atoms with E-state index in [0.29, 0.717) is 0 Å². The molecule has 2 saturated heterocycles. The van der Waals surface area contributed by atoms with Gasteiger partial charge in [0.15, 0.2) is 0 Å². The summed E-state index contributed by atoms with van der Waals surface area (Å²) in [5, 5.41) is 38.4. The normalized spacial score (nSPS) is 36.8. The Balaban J connectivity index is 2.34. The molecule has 0 saturated carbocycles. The Bertz CT molecular complexity index is 549. The molecule has 21 heavy (non-hydrogen) atoms. The summed E-state index contributed by atoms with van der Waals surface area (Å²) in [5.41, 5.74) is -2.09. The van der Waals surface area contributed by atoms with Gasteiger partial charge in [-0.1, -0.05) is 0 Å². The highest BCUT2D eigenvalue weighted by molar-refractivity contribution is 5.90. The summed E-state index contributed by atoms with van der Waals surface area (Å²) in [6.07, 6.45) is -2.90. The molecule has 0 aromatic carbocycles. The van der Waals surface area contributed by atoms with E-state index in [1.165, 1.54) is 0 Å². The summed E-state index contributed by atoms with van der Waals surface area (Å²) in [4.78, 5) is 44.3. The van der Waals surface area contributed by atoms with Gasteiger partial charge in [0.25, 0.3) is 0 Å². The van der Waals surface area contributed by atoms with Crippen LogP contribution in [-0.4, -0.2) is 73.6 Å². The third kappa shape index (κ3) is 1.78. The first kappa shape index (κ1) is 15.2. The van der Waals surface area contributed by atoms with Crippen LogP contribution in [0.5, 0.6) is 0 Å². The molecule has 2 rings (SSSR count). The van der Waals surface area contributed by atoms with Crippen LogP contribution in [0.4, 0.5) is 4.79 Å². The number of carboxylic acids is 3. The van der Waals surface area contributed by atoms with Gasteiger partial charge in [0.05, 0.1) is 12.8 Å². The molecule has 1 amide bonds. The van der Waals surface area contributed by atoms with Crippen molar-refractivity contribution < 1.29 is 48.8 Å². The Hall–Kier alpha value is -2.24. The molecule has 2 fully saturated rings. The van der Waals surface area contributed by atoms with E-state index in [1.807, 2.05) is 0 Å². The van der Waals surface area contributed by atoms with Gasteiger partial charge in [-0.3, -0.25) is 14.3 Å². The average molecular weight is 305 g/mol. The second-order valence-electron chi connectivity index (χ2n) is 4.94. The molecule has 0 aliphatic carbocycles. The molecule has 0 aromatic rings. The fourth-order valence-electron chi connectivity index (χ4n) is 2.70. The predicted molar refractivity (Wildman–Crippen MR) is 59.8 cm³/mol. The minimum atomic E-state index is -2.09. The number of ether oxygens (including phenoxy) is 1. The van der Waals surface area contributed by atoms with Crippen LogP contribution < -0.4 is 5.32 Å². The lowest BCUT2D eigenvalue weighted by atomic mass is 9.98. The van der Waals surface area contributed by atoms with Crippen molar-refractivity contribution in [2.24, 2.45) is 0 Å². The quantitative estimate of drug-likeness (QED) is 0.286. The number of carboxylic acid groups (broad SMARTS) is 4. The molecule has 11 heteroatoms. The van der Waals surface area contributed by atoms with Crippen LogP contribution in [0.3, 0.4) is 0 Å². The van der Waals surface area contributed by atoms with Crippen LogP contribution in [0, 0.1) is 0 Å². The number of aliphatic carboxylic acids is 3. The van der Waals surface area contributed by atoms with Crippen LogP contribution in [-0.2, 0) is 19.1 Å². The zero-order valence-electron chi connectivity index (χ0n) is 10.6. The molecule has 1 spiro atoms. The van der Waals surface area contributed by atoms with Gasteiger partial charge in [-0.05, 0) is 0 Å². The van der Waals surface area contributed by atoms with Gasteiger partial charge in [-0.2, -0.15) is 9.28 Å². The fraction of sp³-hybridized carbons (Fsp3) is 0.600. The van der Waals surface area contributed by atoms with E-state index in [1.54, 1.807) is 0 Å². The third-order valence-corrected chi connectivity index (χ3v) is 3.85. The molecule has 2 heterocycles. The second kappa shape index (κ2) is 4.38. The average Bonchev–Trinajstić information content (AvgIpc) is 2.99. The Morgan fingerprint density at radius 1 is 1.10 bits per heavy atom. The lowest BCUT2D eigenvalue weighted by molar-refractivity contribution is -1.01. The van der Waals surface area contributed by atoms with Gasteiger partial charge in [0.2, 0.25) is 12.3 Å². The fourth-order valence-corrected chi connectivity index (χ4v) is 2.70. The highest BCUT2D eigenvalue weighted by Crippen LogP contribution is 2.55. The largest absolute Gasteiger partial charge is 0.519 e. The molecule has 3 unspecified atom stereocenters. The molecule has 116 valence electrons. The van der Waals surface area contributed by atoms with Gasteiger partial charge in [0, 0.05) is 0 Å². The van der Waals surface area contributed by atoms with Crippen LogP contribution in [0.15, 0.2) is 0 Å². The van der Waals surface area contributed by atoms with Gasteiger partial charge in [-0.25, -0.2) is 10.1 Å². The molecule has 0 aromatic heterocycles. The van der Waals surface area contributed by atoms with Crippen LogP contribution in [0.25, 0.3) is 0 Å². The number of hydrogen-bond acceptors (Lipinski definition) is 6. The molecule has 3 atom stereocenters. The molecule has 11 nitrogen and oxygen atoms in total. The minimum absolute atomic E-state index is 0.424. The van der Waals surface area contributed by atoms with Crippen molar-refractivity contribution in [2.45, 2.75) is 24.2 Å². The van der Waals surface area contributed by atoms with E-state index in [2.05, 4.69) is 5.32 Å². The van der Waals surface area contributed by atoms with Crippen molar-refractivity contribution in [1.29, 1.82) is 0 Å². The molecule has 2 aliphatic heterocycles. The van der Waals surface area contributed by atoms with Crippen molar-refractivity contribution in [1.82, 2.24) is 5.32 Å². The first-order valence-electron chi connectivity index (χ1n) is 5.84. The van der Waals surface area contributed by atoms with Crippen molar-refractivity contribution >= 4 is 24.0 Å². The summed E-state index contributed by atoms with van der Waals surface area (Å²) in [6.45, 7) is -0.865. The van der Waals surface area contributed by atoms with Crippen molar-refractivity contribution in [3.8, 4) is 0 Å². The van der Waals surface area contributed by atoms with Gasteiger partial charge >= 0.3 is 29.9 Å². The maximum absolute atomic E-state index is 11.5. The number of carbonyl (C=O) groups is 4. The number of nitrogens with zero attached hydrogens (tertiary/aromatic N) is 1. The highest BCUT2D eigenvalue weighted by Gasteiger charge is 2.92. The molecule has 0 radical (unpaired) electrons. The monoisotopic (exact) mass is 305 g/mol. The van der Waals surface area contributed by atoms with Gasteiger partial charge in [0.1, 0.15) is 6.54 Å². The van der Waals surface area contributed by atoms with E-state index < -0.39 is 66.0 Å². The van der Waals surface area contributed by atoms with E-state index >= 15 is 0 Å². The van der Waals surface area contributed by atoms with Crippen LogP contribution >= 0.6 is 0 Å². The Kier molecular flexibility index (Phi) is 3.16. The Morgan fingerprint density at radius 2 is 1.71 bits per heavy atom. The number of quaternary nitrogens is 1. The molecule has 0 bridgehead atoms. The predicted octanol–water partition coefficient (Wildman–Crippen LogP) is -1.50. The number of nitrogens with one attached hydrogen (secondary N) is 1. The van der Waals surface area contributed by atoms with Gasteiger partial charge < -0.3 is 20.4 Å². The highest BCUT2D eigenvalue weighted by atomic mass is 16.6. The first-order chi connectivity index (χ1) is 9.63. The van der Waals surface area contributed by atoms with Crippen molar-refractivity contribution in [3.63, 3.8) is 0 Å². The van der Waals surface area contributed by atoms with Crippen molar-refractivity contribution in [3.05, 3.63) is 0 Å². The summed E-state index contributed by atoms with van der Waals surface area (Å²) < 4.78 is 4.06. The zero-order valence-corrected chi connectivity index (χ0v) is 10.6. The Labute approximate surface area is 116 Å². The van der Waals surface area contributed by atoms with Gasteiger partial charge in [-0.15, -0.1) is 0 Å². The van der Waals surface area contributed by atoms with E-state index in [0.717, 1.165) is 0 Å². The lowest BCUT2D eigenvalue weighted by Gasteiger charge is -2.46. The maximum atomic E-state index is 11.5. The SMILES string of the molecule is O=C(O)CC[N+]1(C(=O)O)COC12NC2(CC(=O)O)C(=O)O. The third-order valence-electron chi connectivity index (χ3n) is 3.85. The molecular formula is C10H13N2O9+. The standard InChI is InChI=1S/C10H12N2O9/c13-5(14)1-2-12(8(19)20)4-21-10(12)9(11-10,7(17)18)3-6(15)16/h11H,1-4H2,(H3-,13,14,15,16,17,18,19,20)/p+1. The van der Waals surface area contributed by atoms with E-state index in [-0.39, 0.29) is 0 Å². The first-order valence-corrected chi connectivity index (χ1v) is 5.84. The molecule has 5 N–H and O–H groups in total. The van der Waals surface area contributed by atoms with Crippen LogP contribution in [0.1, 0.15) is 12.8 Å². The topological polar surface area (TPSA) is 180 Å².